The summed E-state index contributed by atoms with van der Waals surface area (Å²) in [5, 5.41) is 8.47. The molecule has 0 aromatic carbocycles. The standard InChI is InChI=1S/C6H10O.C4H4O4/c1-3-5-7-6-4-2;5-2-1-3(6)8-4(2)7/h3-4H,1-2,5-6H2;2,5H,1H2. The molecule has 0 aromatic rings. The molecule has 15 heavy (non-hydrogen) atoms. The average molecular weight is 214 g/mol. The van der Waals surface area contributed by atoms with E-state index in [9.17, 15) is 9.59 Å². The summed E-state index contributed by atoms with van der Waals surface area (Å²) < 4.78 is 8.84. The van der Waals surface area contributed by atoms with Gasteiger partial charge in [0.05, 0.1) is 19.6 Å². The number of hydrogen-bond acceptors (Lipinski definition) is 5. The van der Waals surface area contributed by atoms with Crippen LogP contribution in [0.1, 0.15) is 6.42 Å². The summed E-state index contributed by atoms with van der Waals surface area (Å²) in [6.07, 6.45) is 2.01. The van der Waals surface area contributed by atoms with E-state index in [0.717, 1.165) is 0 Å². The number of aliphatic hydroxyl groups excluding tert-OH is 1. The maximum atomic E-state index is 10.1. The number of cyclic esters (lactones) is 2. The lowest BCUT2D eigenvalue weighted by Gasteiger charge is -1.89. The largest absolute Gasteiger partial charge is 0.391 e. The Morgan fingerprint density at radius 2 is 1.93 bits per heavy atom. The smallest absolute Gasteiger partial charge is 0.343 e. The first-order valence-electron chi connectivity index (χ1n) is 4.34. The number of carbonyl (C=O) groups is 2. The first-order valence-corrected chi connectivity index (χ1v) is 4.34. The molecule has 1 rings (SSSR count). The molecule has 1 saturated heterocycles. The molecule has 1 aliphatic rings. The van der Waals surface area contributed by atoms with Gasteiger partial charge in [0, 0.05) is 0 Å². The van der Waals surface area contributed by atoms with Crippen LogP contribution in [0, 0.1) is 0 Å². The van der Waals surface area contributed by atoms with E-state index in [1.54, 1.807) is 12.2 Å². The Morgan fingerprint density at radius 1 is 1.40 bits per heavy atom. The number of esters is 2. The van der Waals surface area contributed by atoms with E-state index in [4.69, 9.17) is 9.84 Å². The summed E-state index contributed by atoms with van der Waals surface area (Å²) in [6.45, 7) is 8.18. The van der Waals surface area contributed by atoms with Crippen molar-refractivity contribution in [3.8, 4) is 0 Å². The van der Waals surface area contributed by atoms with Gasteiger partial charge in [-0.3, -0.25) is 4.79 Å². The SMILES string of the molecule is C=CCOCC=C.O=C1CC(O)C(=O)O1. The fraction of sp³-hybridized carbons (Fsp3) is 0.400. The zero-order chi connectivity index (χ0) is 11.7. The van der Waals surface area contributed by atoms with Gasteiger partial charge in [-0.05, 0) is 0 Å². The molecule has 1 aliphatic heterocycles. The summed E-state index contributed by atoms with van der Waals surface area (Å²) in [5.41, 5.74) is 0. The second kappa shape index (κ2) is 7.90. The zero-order valence-corrected chi connectivity index (χ0v) is 8.35. The second-order valence-corrected chi connectivity index (χ2v) is 2.63. The van der Waals surface area contributed by atoms with Crippen molar-refractivity contribution in [3.05, 3.63) is 25.3 Å². The van der Waals surface area contributed by atoms with Crippen LogP contribution in [0.25, 0.3) is 0 Å². The molecule has 5 heteroatoms. The third-order valence-corrected chi connectivity index (χ3v) is 1.32. The van der Waals surface area contributed by atoms with Crippen LogP contribution in [0.3, 0.4) is 0 Å². The van der Waals surface area contributed by atoms with Gasteiger partial charge in [0.25, 0.3) is 0 Å². The molecular weight excluding hydrogens is 200 g/mol. The highest BCUT2D eigenvalue weighted by molar-refractivity contribution is 5.95. The van der Waals surface area contributed by atoms with Crippen LogP contribution in [0.4, 0.5) is 0 Å². The molecule has 0 bridgehead atoms. The molecular formula is C10H14O5. The molecule has 5 nitrogen and oxygen atoms in total. The average Bonchev–Trinajstić information content (AvgIpc) is 2.46. The molecule has 0 spiro atoms. The Balaban J connectivity index is 0.000000265. The Morgan fingerprint density at radius 3 is 2.13 bits per heavy atom. The summed E-state index contributed by atoms with van der Waals surface area (Å²) in [6, 6.07) is 0. The van der Waals surface area contributed by atoms with Crippen molar-refractivity contribution in [2.45, 2.75) is 12.5 Å². The lowest BCUT2D eigenvalue weighted by Crippen LogP contribution is -2.11. The lowest BCUT2D eigenvalue weighted by atomic mass is 10.3. The normalized spacial score (nSPS) is 18.9. The molecule has 0 saturated carbocycles. The zero-order valence-electron chi connectivity index (χ0n) is 8.35. The van der Waals surface area contributed by atoms with Gasteiger partial charge >= 0.3 is 11.9 Å². The molecule has 0 aromatic heterocycles. The van der Waals surface area contributed by atoms with Crippen LogP contribution < -0.4 is 0 Å². The van der Waals surface area contributed by atoms with Crippen molar-refractivity contribution in [1.29, 1.82) is 0 Å². The van der Waals surface area contributed by atoms with Crippen molar-refractivity contribution < 1.29 is 24.2 Å². The molecule has 1 fully saturated rings. The molecule has 1 heterocycles. The van der Waals surface area contributed by atoms with Crippen LogP contribution in [0.2, 0.25) is 0 Å². The topological polar surface area (TPSA) is 72.8 Å². The van der Waals surface area contributed by atoms with Gasteiger partial charge in [-0.15, -0.1) is 13.2 Å². The van der Waals surface area contributed by atoms with Gasteiger partial charge in [0.1, 0.15) is 0 Å². The molecule has 0 aliphatic carbocycles. The van der Waals surface area contributed by atoms with E-state index >= 15 is 0 Å². The van der Waals surface area contributed by atoms with Crippen molar-refractivity contribution >= 4 is 11.9 Å². The summed E-state index contributed by atoms with van der Waals surface area (Å²) in [7, 11) is 0. The minimum atomic E-state index is -1.22. The van der Waals surface area contributed by atoms with Crippen molar-refractivity contribution in [3.63, 3.8) is 0 Å². The van der Waals surface area contributed by atoms with Gasteiger partial charge in [0.15, 0.2) is 6.10 Å². The Labute approximate surface area is 88.0 Å². The van der Waals surface area contributed by atoms with Crippen molar-refractivity contribution in [2.75, 3.05) is 13.2 Å². The summed E-state index contributed by atoms with van der Waals surface area (Å²) in [5.74, 6) is -1.49. The number of hydrogen-bond donors (Lipinski definition) is 1. The third-order valence-electron chi connectivity index (χ3n) is 1.32. The minimum Gasteiger partial charge on any atom is -0.391 e. The van der Waals surface area contributed by atoms with E-state index in [0.29, 0.717) is 13.2 Å². The van der Waals surface area contributed by atoms with Gasteiger partial charge in [-0.25, -0.2) is 4.79 Å². The first-order chi connectivity index (χ1) is 7.11. The van der Waals surface area contributed by atoms with E-state index in [-0.39, 0.29) is 6.42 Å². The molecule has 1 atom stereocenters. The quantitative estimate of drug-likeness (QED) is 0.313. The Hall–Kier alpha value is -1.46. The van der Waals surface area contributed by atoms with E-state index in [2.05, 4.69) is 17.9 Å². The number of carbonyl (C=O) groups excluding carboxylic acids is 2. The molecule has 1 N–H and O–H groups in total. The van der Waals surface area contributed by atoms with Crippen molar-refractivity contribution in [1.82, 2.24) is 0 Å². The highest BCUT2D eigenvalue weighted by Crippen LogP contribution is 2.05. The number of aliphatic hydroxyl groups is 1. The van der Waals surface area contributed by atoms with Gasteiger partial charge in [0.2, 0.25) is 0 Å². The molecule has 84 valence electrons. The van der Waals surface area contributed by atoms with Gasteiger partial charge in [-0.2, -0.15) is 0 Å². The van der Waals surface area contributed by atoms with Crippen LogP contribution in [0.15, 0.2) is 25.3 Å². The highest BCUT2D eigenvalue weighted by atomic mass is 16.6. The van der Waals surface area contributed by atoms with Crippen molar-refractivity contribution in [2.24, 2.45) is 0 Å². The predicted molar refractivity (Wildman–Crippen MR) is 52.9 cm³/mol. The van der Waals surface area contributed by atoms with E-state index in [1.165, 1.54) is 0 Å². The Bertz CT molecular complexity index is 238. The fourth-order valence-electron chi connectivity index (χ4n) is 0.698. The predicted octanol–water partition coefficient (Wildman–Crippen LogP) is 0.196. The lowest BCUT2D eigenvalue weighted by molar-refractivity contribution is -0.154. The Kier molecular flexibility index (Phi) is 7.13. The first kappa shape index (κ1) is 13.5. The van der Waals surface area contributed by atoms with Crippen LogP contribution >= 0.6 is 0 Å². The van der Waals surface area contributed by atoms with Crippen LogP contribution in [-0.4, -0.2) is 36.4 Å². The molecule has 1 unspecified atom stereocenters. The van der Waals surface area contributed by atoms with Crippen LogP contribution in [0.5, 0.6) is 0 Å². The number of ether oxygens (including phenoxy) is 2. The minimum absolute atomic E-state index is 0.196. The molecule has 0 amide bonds. The third kappa shape index (κ3) is 6.59. The molecule has 0 radical (unpaired) electrons. The monoisotopic (exact) mass is 214 g/mol. The summed E-state index contributed by atoms with van der Waals surface area (Å²) >= 11 is 0. The van der Waals surface area contributed by atoms with E-state index < -0.39 is 18.0 Å². The maximum absolute atomic E-state index is 10.1. The summed E-state index contributed by atoms with van der Waals surface area (Å²) in [4.78, 5) is 20.2. The maximum Gasteiger partial charge on any atom is 0.343 e. The van der Waals surface area contributed by atoms with E-state index in [1.807, 2.05) is 0 Å². The fourth-order valence-corrected chi connectivity index (χ4v) is 0.698. The van der Waals surface area contributed by atoms with Gasteiger partial charge < -0.3 is 14.6 Å². The highest BCUT2D eigenvalue weighted by Gasteiger charge is 2.30. The second-order valence-electron chi connectivity index (χ2n) is 2.63. The number of rotatable bonds is 4. The van der Waals surface area contributed by atoms with Crippen LogP contribution in [-0.2, 0) is 19.1 Å². The van der Waals surface area contributed by atoms with Gasteiger partial charge in [-0.1, -0.05) is 12.2 Å².